The summed E-state index contributed by atoms with van der Waals surface area (Å²) < 4.78 is 14.1. The van der Waals surface area contributed by atoms with E-state index in [9.17, 15) is 4.39 Å². The lowest BCUT2D eigenvalue weighted by Gasteiger charge is -2.32. The molecule has 3 nitrogen and oxygen atoms in total. The van der Waals surface area contributed by atoms with Gasteiger partial charge in [0.2, 0.25) is 5.95 Å². The van der Waals surface area contributed by atoms with Crippen molar-refractivity contribution < 1.29 is 4.39 Å². The van der Waals surface area contributed by atoms with Crippen LogP contribution in [0, 0.1) is 12.9 Å². The summed E-state index contributed by atoms with van der Waals surface area (Å²) in [6.45, 7) is 14.1. The van der Waals surface area contributed by atoms with Crippen LogP contribution < -0.4 is 0 Å². The Morgan fingerprint density at radius 1 is 1.29 bits per heavy atom. The Bertz CT molecular complexity index is 995. The van der Waals surface area contributed by atoms with Crippen LogP contribution in [0.2, 0.25) is 0 Å². The zero-order valence-electron chi connectivity index (χ0n) is 17.0. The van der Waals surface area contributed by atoms with Gasteiger partial charge in [-0.1, -0.05) is 24.8 Å². The SMILES string of the molecule is C=C1C(c2ccc(-c3cccnc3F)cc2C)=C/C(=C/N=C(C)C)CN1CC. The number of aromatic nitrogens is 1. The standard InChI is InChI=1S/C24H26FN3/c1-6-28-15-19(14-27-16(2)3)13-23(18(28)5)21-10-9-20(12-17(21)4)22-8-7-11-26-24(22)25/h7-14H,5-6,15H2,1-4H3/b19-14-. The molecule has 2 aromatic rings. The minimum Gasteiger partial charge on any atom is -0.367 e. The summed E-state index contributed by atoms with van der Waals surface area (Å²) in [6.07, 6.45) is 5.55. The molecule has 4 heteroatoms. The second kappa shape index (κ2) is 8.34. The van der Waals surface area contributed by atoms with Crippen LogP contribution in [0.1, 0.15) is 31.9 Å². The van der Waals surface area contributed by atoms with E-state index < -0.39 is 5.95 Å². The number of hydrogen-bond donors (Lipinski definition) is 0. The molecule has 144 valence electrons. The predicted octanol–water partition coefficient (Wildman–Crippen LogP) is 5.79. The second-order valence-corrected chi connectivity index (χ2v) is 7.17. The van der Waals surface area contributed by atoms with Gasteiger partial charge in [-0.25, -0.2) is 4.98 Å². The number of rotatable bonds is 4. The van der Waals surface area contributed by atoms with Gasteiger partial charge in [-0.3, -0.25) is 4.99 Å². The molecule has 0 N–H and O–H groups in total. The van der Waals surface area contributed by atoms with E-state index in [4.69, 9.17) is 0 Å². The number of halogens is 1. The number of likely N-dealkylation sites (N-methyl/N-ethyl adjacent to an activating group) is 1. The van der Waals surface area contributed by atoms with E-state index in [1.54, 1.807) is 12.1 Å². The Morgan fingerprint density at radius 2 is 2.07 bits per heavy atom. The van der Waals surface area contributed by atoms with Crippen molar-refractivity contribution in [2.75, 3.05) is 13.1 Å². The minimum absolute atomic E-state index is 0.453. The van der Waals surface area contributed by atoms with Gasteiger partial charge in [0.1, 0.15) is 0 Å². The first-order valence-electron chi connectivity index (χ1n) is 9.48. The summed E-state index contributed by atoms with van der Waals surface area (Å²) in [5.41, 5.74) is 7.75. The van der Waals surface area contributed by atoms with Gasteiger partial charge in [-0.15, -0.1) is 0 Å². The molecule has 1 aliphatic heterocycles. The molecular formula is C24H26FN3. The zero-order valence-corrected chi connectivity index (χ0v) is 17.0. The molecule has 3 rings (SSSR count). The van der Waals surface area contributed by atoms with E-state index in [1.807, 2.05) is 45.2 Å². The highest BCUT2D eigenvalue weighted by molar-refractivity contribution is 5.84. The Kier molecular flexibility index (Phi) is 5.88. The number of benzene rings is 1. The average molecular weight is 375 g/mol. The molecule has 0 spiro atoms. The summed E-state index contributed by atoms with van der Waals surface area (Å²) in [5, 5.41) is 0. The third-order valence-corrected chi connectivity index (χ3v) is 4.85. The number of aliphatic imine (C=N–C) groups is 1. The van der Waals surface area contributed by atoms with Crippen molar-refractivity contribution in [3.05, 3.63) is 83.7 Å². The Balaban J connectivity index is 2.05. The van der Waals surface area contributed by atoms with E-state index in [2.05, 4.69) is 34.5 Å². The molecule has 0 amide bonds. The van der Waals surface area contributed by atoms with Gasteiger partial charge in [-0.2, -0.15) is 4.39 Å². The van der Waals surface area contributed by atoms with Crippen LogP contribution >= 0.6 is 0 Å². The monoisotopic (exact) mass is 375 g/mol. The highest BCUT2D eigenvalue weighted by atomic mass is 19.1. The molecule has 1 aliphatic rings. The normalized spacial score (nSPS) is 15.6. The molecule has 0 saturated heterocycles. The summed E-state index contributed by atoms with van der Waals surface area (Å²) in [7, 11) is 0. The minimum atomic E-state index is -0.453. The van der Waals surface area contributed by atoms with Gasteiger partial charge < -0.3 is 4.90 Å². The highest BCUT2D eigenvalue weighted by Crippen LogP contribution is 2.34. The number of pyridine rings is 1. The lowest BCUT2D eigenvalue weighted by Crippen LogP contribution is -2.28. The number of hydrogen-bond acceptors (Lipinski definition) is 3. The molecular weight excluding hydrogens is 349 g/mol. The van der Waals surface area contributed by atoms with Gasteiger partial charge in [0.15, 0.2) is 0 Å². The highest BCUT2D eigenvalue weighted by Gasteiger charge is 2.20. The Labute approximate surface area is 166 Å². The number of aryl methyl sites for hydroxylation is 1. The van der Waals surface area contributed by atoms with Crippen molar-refractivity contribution in [2.45, 2.75) is 27.7 Å². The molecule has 1 aromatic heterocycles. The molecule has 0 aliphatic carbocycles. The quantitative estimate of drug-likeness (QED) is 0.499. The molecule has 0 atom stereocenters. The van der Waals surface area contributed by atoms with Crippen LogP contribution in [0.3, 0.4) is 0 Å². The molecule has 0 fully saturated rings. The molecule has 0 bridgehead atoms. The van der Waals surface area contributed by atoms with Gasteiger partial charge in [0.25, 0.3) is 0 Å². The first kappa shape index (κ1) is 19.7. The van der Waals surface area contributed by atoms with Crippen molar-refractivity contribution in [3.8, 4) is 11.1 Å². The third kappa shape index (κ3) is 4.11. The first-order chi connectivity index (χ1) is 13.4. The molecule has 2 heterocycles. The zero-order chi connectivity index (χ0) is 20.3. The second-order valence-electron chi connectivity index (χ2n) is 7.17. The lowest BCUT2D eigenvalue weighted by molar-refractivity contribution is 0.407. The maximum atomic E-state index is 14.1. The fourth-order valence-electron chi connectivity index (χ4n) is 3.36. The summed E-state index contributed by atoms with van der Waals surface area (Å²) >= 11 is 0. The number of nitrogens with zero attached hydrogens (tertiary/aromatic N) is 3. The maximum Gasteiger partial charge on any atom is 0.220 e. The summed E-state index contributed by atoms with van der Waals surface area (Å²) in [6, 6.07) is 9.49. The van der Waals surface area contributed by atoms with Crippen molar-refractivity contribution in [1.82, 2.24) is 9.88 Å². The van der Waals surface area contributed by atoms with E-state index >= 15 is 0 Å². The Hall–Kier alpha value is -3.01. The molecule has 0 saturated carbocycles. The fraction of sp³-hybridized carbons (Fsp3) is 0.250. The van der Waals surface area contributed by atoms with Crippen LogP contribution in [0.4, 0.5) is 4.39 Å². The third-order valence-electron chi connectivity index (χ3n) is 4.85. The number of allylic oxidation sites excluding steroid dienone is 1. The largest absolute Gasteiger partial charge is 0.367 e. The predicted molar refractivity (Wildman–Crippen MR) is 116 cm³/mol. The van der Waals surface area contributed by atoms with Crippen molar-refractivity contribution >= 4 is 11.3 Å². The molecule has 0 radical (unpaired) electrons. The van der Waals surface area contributed by atoms with Crippen LogP contribution in [0.25, 0.3) is 16.7 Å². The van der Waals surface area contributed by atoms with Gasteiger partial charge >= 0.3 is 0 Å². The molecule has 0 unspecified atom stereocenters. The Morgan fingerprint density at radius 3 is 2.71 bits per heavy atom. The van der Waals surface area contributed by atoms with Gasteiger partial charge in [0.05, 0.1) is 0 Å². The van der Waals surface area contributed by atoms with Gasteiger partial charge in [0, 0.05) is 48.0 Å². The summed E-state index contributed by atoms with van der Waals surface area (Å²) in [5.74, 6) is -0.453. The van der Waals surface area contributed by atoms with E-state index in [1.165, 1.54) is 6.20 Å². The first-order valence-corrected chi connectivity index (χ1v) is 9.48. The van der Waals surface area contributed by atoms with E-state index in [0.717, 1.165) is 52.3 Å². The summed E-state index contributed by atoms with van der Waals surface area (Å²) in [4.78, 5) is 10.5. The topological polar surface area (TPSA) is 28.5 Å². The van der Waals surface area contributed by atoms with Crippen molar-refractivity contribution in [1.29, 1.82) is 0 Å². The van der Waals surface area contributed by atoms with Crippen LogP contribution in [0.15, 0.2) is 71.6 Å². The van der Waals surface area contributed by atoms with Crippen LogP contribution in [-0.2, 0) is 0 Å². The molecule has 28 heavy (non-hydrogen) atoms. The van der Waals surface area contributed by atoms with Crippen LogP contribution in [-0.4, -0.2) is 28.7 Å². The smallest absolute Gasteiger partial charge is 0.220 e. The van der Waals surface area contributed by atoms with Crippen LogP contribution in [0.5, 0.6) is 0 Å². The van der Waals surface area contributed by atoms with Gasteiger partial charge in [-0.05, 0) is 68.2 Å². The lowest BCUT2D eigenvalue weighted by atomic mass is 9.91. The average Bonchev–Trinajstić information content (AvgIpc) is 2.67. The maximum absolute atomic E-state index is 14.1. The van der Waals surface area contributed by atoms with Crippen molar-refractivity contribution in [3.63, 3.8) is 0 Å². The fourth-order valence-corrected chi connectivity index (χ4v) is 3.36. The van der Waals surface area contributed by atoms with E-state index in [0.29, 0.717) is 5.56 Å². The molecule has 1 aromatic carbocycles. The van der Waals surface area contributed by atoms with E-state index in [-0.39, 0.29) is 0 Å². The van der Waals surface area contributed by atoms with Crippen molar-refractivity contribution in [2.24, 2.45) is 4.99 Å².